The van der Waals surface area contributed by atoms with Crippen molar-refractivity contribution in [1.29, 1.82) is 0 Å². The van der Waals surface area contributed by atoms with Gasteiger partial charge in [0.25, 0.3) is 0 Å². The minimum atomic E-state index is -3.70. The van der Waals surface area contributed by atoms with Gasteiger partial charge in [0.15, 0.2) is 0 Å². The average Bonchev–Trinajstić information content (AvgIpc) is 2.30. The van der Waals surface area contributed by atoms with Crippen molar-refractivity contribution in [3.05, 3.63) is 34.9 Å². The summed E-state index contributed by atoms with van der Waals surface area (Å²) in [5, 5.41) is 9.06. The van der Waals surface area contributed by atoms with Gasteiger partial charge in [0.2, 0.25) is 10.0 Å². The zero-order valence-electron chi connectivity index (χ0n) is 12.2. The Labute approximate surface area is 120 Å². The number of benzene rings is 1. The highest BCUT2D eigenvalue weighted by Crippen LogP contribution is 2.17. The van der Waals surface area contributed by atoms with Crippen molar-refractivity contribution in [2.24, 2.45) is 5.92 Å². The molecule has 0 aliphatic heterocycles. The van der Waals surface area contributed by atoms with E-state index in [1.54, 1.807) is 13.8 Å². The maximum atomic E-state index is 12.1. The predicted octanol–water partition coefficient (Wildman–Crippen LogP) is 1.83. The van der Waals surface area contributed by atoms with Gasteiger partial charge in [-0.05, 0) is 36.5 Å². The van der Waals surface area contributed by atoms with E-state index < -0.39 is 22.0 Å². The Balaban J connectivity index is 2.98. The van der Waals surface area contributed by atoms with E-state index in [1.165, 1.54) is 0 Å². The number of aryl methyl sites for hydroxylation is 2. The summed E-state index contributed by atoms with van der Waals surface area (Å²) in [4.78, 5) is 11.1. The summed E-state index contributed by atoms with van der Waals surface area (Å²) in [5.41, 5.74) is 2.48. The number of sulfonamides is 1. The van der Waals surface area contributed by atoms with Crippen LogP contribution in [0.3, 0.4) is 0 Å². The fourth-order valence-electron chi connectivity index (χ4n) is 1.97. The van der Waals surface area contributed by atoms with Gasteiger partial charge < -0.3 is 5.11 Å². The van der Waals surface area contributed by atoms with E-state index in [0.717, 1.165) is 11.1 Å². The van der Waals surface area contributed by atoms with Crippen LogP contribution in [0.1, 0.15) is 30.5 Å². The Morgan fingerprint density at radius 2 is 1.75 bits per heavy atom. The lowest BCUT2D eigenvalue weighted by Crippen LogP contribution is -2.44. The summed E-state index contributed by atoms with van der Waals surface area (Å²) in [7, 11) is -3.70. The molecule has 0 spiro atoms. The maximum absolute atomic E-state index is 12.1. The molecule has 6 heteroatoms. The molecule has 1 unspecified atom stereocenters. The summed E-state index contributed by atoms with van der Waals surface area (Å²) >= 11 is 0. The van der Waals surface area contributed by atoms with Crippen LogP contribution in [0.4, 0.5) is 0 Å². The van der Waals surface area contributed by atoms with Crippen LogP contribution in [0.25, 0.3) is 0 Å². The maximum Gasteiger partial charge on any atom is 0.321 e. The van der Waals surface area contributed by atoms with E-state index in [4.69, 9.17) is 5.11 Å². The Morgan fingerprint density at radius 1 is 1.25 bits per heavy atom. The largest absolute Gasteiger partial charge is 0.480 e. The number of carbonyl (C=O) groups is 1. The second-order valence-corrected chi connectivity index (χ2v) is 7.06. The van der Waals surface area contributed by atoms with E-state index in [2.05, 4.69) is 4.72 Å². The molecule has 112 valence electrons. The van der Waals surface area contributed by atoms with Crippen molar-refractivity contribution in [1.82, 2.24) is 4.72 Å². The highest BCUT2D eigenvalue weighted by Gasteiger charge is 2.27. The molecule has 20 heavy (non-hydrogen) atoms. The summed E-state index contributed by atoms with van der Waals surface area (Å²) in [6.07, 6.45) is 0. The van der Waals surface area contributed by atoms with E-state index in [9.17, 15) is 13.2 Å². The molecule has 0 fully saturated rings. The highest BCUT2D eigenvalue weighted by molar-refractivity contribution is 7.88. The van der Waals surface area contributed by atoms with Crippen LogP contribution >= 0.6 is 0 Å². The van der Waals surface area contributed by atoms with Crippen LogP contribution < -0.4 is 4.72 Å². The standard InChI is InChI=1S/C14H21NO4S/c1-9(2)13(14(16)17)15-20(18,19)8-12-10(3)6-5-7-11(12)4/h5-7,9,13,15H,8H2,1-4H3,(H,16,17). The third-order valence-corrected chi connectivity index (χ3v) is 4.50. The fourth-order valence-corrected chi connectivity index (χ4v) is 3.65. The monoisotopic (exact) mass is 299 g/mol. The first-order valence-electron chi connectivity index (χ1n) is 6.42. The van der Waals surface area contributed by atoms with Crippen molar-refractivity contribution in [2.75, 3.05) is 0 Å². The number of aliphatic carboxylic acids is 1. The third kappa shape index (κ3) is 4.31. The first kappa shape index (κ1) is 16.7. The summed E-state index contributed by atoms with van der Waals surface area (Å²) in [6, 6.07) is 4.44. The number of carboxylic acids is 1. The van der Waals surface area contributed by atoms with Crippen molar-refractivity contribution in [3.63, 3.8) is 0 Å². The molecule has 1 rings (SSSR count). The van der Waals surface area contributed by atoms with Gasteiger partial charge in [-0.1, -0.05) is 32.0 Å². The second kappa shape index (κ2) is 6.37. The van der Waals surface area contributed by atoms with Gasteiger partial charge in [-0.3, -0.25) is 4.79 Å². The number of rotatable bonds is 6. The first-order chi connectivity index (χ1) is 9.14. The number of hydrogen-bond donors (Lipinski definition) is 2. The van der Waals surface area contributed by atoms with E-state index in [0.29, 0.717) is 5.56 Å². The zero-order valence-corrected chi connectivity index (χ0v) is 13.0. The summed E-state index contributed by atoms with van der Waals surface area (Å²) in [5.74, 6) is -1.69. The molecule has 1 atom stereocenters. The van der Waals surface area contributed by atoms with Crippen molar-refractivity contribution in [3.8, 4) is 0 Å². The van der Waals surface area contributed by atoms with E-state index in [1.807, 2.05) is 32.0 Å². The van der Waals surface area contributed by atoms with Gasteiger partial charge in [0.1, 0.15) is 6.04 Å². The Bertz CT molecular complexity index is 573. The molecule has 1 aromatic rings. The number of hydrogen-bond acceptors (Lipinski definition) is 3. The van der Waals surface area contributed by atoms with Crippen LogP contribution in [-0.4, -0.2) is 25.5 Å². The zero-order chi connectivity index (χ0) is 15.5. The van der Waals surface area contributed by atoms with Gasteiger partial charge in [-0.15, -0.1) is 0 Å². The average molecular weight is 299 g/mol. The molecule has 0 aromatic heterocycles. The fraction of sp³-hybridized carbons (Fsp3) is 0.500. The van der Waals surface area contributed by atoms with Gasteiger partial charge in [-0.2, -0.15) is 0 Å². The molecule has 0 bridgehead atoms. The highest BCUT2D eigenvalue weighted by atomic mass is 32.2. The Morgan fingerprint density at radius 3 is 2.15 bits per heavy atom. The van der Waals surface area contributed by atoms with Crippen LogP contribution in [0.15, 0.2) is 18.2 Å². The molecule has 0 saturated carbocycles. The smallest absolute Gasteiger partial charge is 0.321 e. The third-order valence-electron chi connectivity index (χ3n) is 3.22. The minimum Gasteiger partial charge on any atom is -0.480 e. The first-order valence-corrected chi connectivity index (χ1v) is 8.07. The molecule has 0 heterocycles. The lowest BCUT2D eigenvalue weighted by molar-refractivity contribution is -0.140. The topological polar surface area (TPSA) is 83.5 Å². The molecule has 0 aliphatic rings. The molecular weight excluding hydrogens is 278 g/mol. The molecule has 2 N–H and O–H groups in total. The molecule has 0 aliphatic carbocycles. The van der Waals surface area contributed by atoms with Crippen LogP contribution in [0.2, 0.25) is 0 Å². The van der Waals surface area contributed by atoms with E-state index in [-0.39, 0.29) is 11.7 Å². The van der Waals surface area contributed by atoms with Crippen molar-refractivity contribution >= 4 is 16.0 Å². The van der Waals surface area contributed by atoms with Crippen LogP contribution in [-0.2, 0) is 20.6 Å². The lowest BCUT2D eigenvalue weighted by atomic mass is 10.1. The molecule has 0 radical (unpaired) electrons. The predicted molar refractivity (Wildman–Crippen MR) is 77.9 cm³/mol. The minimum absolute atomic E-state index is 0.206. The van der Waals surface area contributed by atoms with Gasteiger partial charge in [-0.25, -0.2) is 13.1 Å². The number of nitrogens with one attached hydrogen (secondary N) is 1. The molecule has 5 nitrogen and oxygen atoms in total. The quantitative estimate of drug-likeness (QED) is 0.839. The van der Waals surface area contributed by atoms with Gasteiger partial charge in [0.05, 0.1) is 5.75 Å². The summed E-state index contributed by atoms with van der Waals surface area (Å²) < 4.78 is 26.6. The normalized spacial score (nSPS) is 13.4. The van der Waals surface area contributed by atoms with Gasteiger partial charge in [0, 0.05) is 0 Å². The van der Waals surface area contributed by atoms with E-state index >= 15 is 0 Å². The molecule has 1 aromatic carbocycles. The van der Waals surface area contributed by atoms with Crippen LogP contribution in [0.5, 0.6) is 0 Å². The molecular formula is C14H21NO4S. The van der Waals surface area contributed by atoms with Crippen molar-refractivity contribution in [2.45, 2.75) is 39.5 Å². The van der Waals surface area contributed by atoms with Crippen LogP contribution in [0, 0.1) is 19.8 Å². The second-order valence-electron chi connectivity index (χ2n) is 5.31. The van der Waals surface area contributed by atoms with Crippen molar-refractivity contribution < 1.29 is 18.3 Å². The Kier molecular flexibility index (Phi) is 5.30. The SMILES string of the molecule is Cc1cccc(C)c1CS(=O)(=O)NC(C(=O)O)C(C)C. The number of carboxylic acid groups (broad SMARTS) is 1. The van der Waals surface area contributed by atoms with Gasteiger partial charge >= 0.3 is 5.97 Å². The summed E-state index contributed by atoms with van der Waals surface area (Å²) in [6.45, 7) is 7.02. The molecule has 0 amide bonds. The molecule has 0 saturated heterocycles. The Hall–Kier alpha value is -1.40. The lowest BCUT2D eigenvalue weighted by Gasteiger charge is -2.19.